The molecule has 0 fully saturated rings. The second kappa shape index (κ2) is 7.93. The van der Waals surface area contributed by atoms with E-state index in [-0.39, 0.29) is 12.2 Å². The summed E-state index contributed by atoms with van der Waals surface area (Å²) >= 11 is 0. The molecule has 0 aliphatic carbocycles. The van der Waals surface area contributed by atoms with E-state index in [2.05, 4.69) is 15.3 Å². The van der Waals surface area contributed by atoms with Crippen LogP contribution in [0.15, 0.2) is 54.6 Å². The molecule has 8 nitrogen and oxygen atoms in total. The zero-order chi connectivity index (χ0) is 19.2. The number of nitriles is 1. The highest BCUT2D eigenvalue weighted by molar-refractivity contribution is 6.09. The Balaban J connectivity index is 1.78. The third-order valence-electron chi connectivity index (χ3n) is 3.66. The van der Waals surface area contributed by atoms with Gasteiger partial charge in [0.1, 0.15) is 11.6 Å². The van der Waals surface area contributed by atoms with Gasteiger partial charge in [0, 0.05) is 18.1 Å². The van der Waals surface area contributed by atoms with Crippen LogP contribution < -0.4 is 5.32 Å². The normalized spacial score (nSPS) is 11.0. The van der Waals surface area contributed by atoms with Crippen LogP contribution in [0.2, 0.25) is 0 Å². The molecule has 0 spiro atoms. The van der Waals surface area contributed by atoms with Gasteiger partial charge in [-0.3, -0.25) is 14.2 Å². The number of fused-ring (bicyclic) bond motifs is 1. The summed E-state index contributed by atoms with van der Waals surface area (Å²) in [6.07, 6.45) is 7.85. The first kappa shape index (κ1) is 17.8. The number of nitrogens with one attached hydrogen (secondary N) is 1. The molecular formula is C19H15N5O3. The van der Waals surface area contributed by atoms with Crippen LogP contribution in [0.4, 0.5) is 5.69 Å². The van der Waals surface area contributed by atoms with E-state index in [1.54, 1.807) is 60.4 Å². The van der Waals surface area contributed by atoms with Crippen LogP contribution in [0, 0.1) is 11.3 Å². The van der Waals surface area contributed by atoms with Gasteiger partial charge in [-0.2, -0.15) is 5.26 Å². The molecule has 2 heterocycles. The summed E-state index contributed by atoms with van der Waals surface area (Å²) in [5.41, 5.74) is 1.94. The van der Waals surface area contributed by atoms with Gasteiger partial charge in [0.2, 0.25) is 0 Å². The Hall–Kier alpha value is -3.99. The largest absolute Gasteiger partial charge is 0.462 e. The number of amides is 1. The molecule has 1 aromatic carbocycles. The Morgan fingerprint density at radius 3 is 2.78 bits per heavy atom. The second-order valence-corrected chi connectivity index (χ2v) is 5.41. The van der Waals surface area contributed by atoms with Crippen LogP contribution in [0.3, 0.4) is 0 Å². The minimum absolute atomic E-state index is 0.0805. The minimum Gasteiger partial charge on any atom is -0.462 e. The van der Waals surface area contributed by atoms with Crippen molar-refractivity contribution in [3.8, 4) is 6.07 Å². The maximum absolute atomic E-state index is 12.4. The van der Waals surface area contributed by atoms with E-state index < -0.39 is 11.9 Å². The Morgan fingerprint density at radius 2 is 2.07 bits per heavy atom. The number of carbonyl (C=O) groups excluding carboxylic acids is 2. The number of aromatic nitrogens is 3. The predicted molar refractivity (Wildman–Crippen MR) is 97.6 cm³/mol. The van der Waals surface area contributed by atoms with Gasteiger partial charge in [-0.25, -0.2) is 9.78 Å². The van der Waals surface area contributed by atoms with Gasteiger partial charge in [0.25, 0.3) is 5.91 Å². The molecule has 0 saturated heterocycles. The van der Waals surface area contributed by atoms with Crippen molar-refractivity contribution in [2.45, 2.75) is 6.92 Å². The maximum Gasteiger partial charge on any atom is 0.338 e. The number of hydrogen-bond donors (Lipinski definition) is 1. The fraction of sp³-hybridized carbons (Fsp3) is 0.105. The Kier molecular flexibility index (Phi) is 5.23. The number of nitrogens with zero attached hydrogens (tertiary/aromatic N) is 4. The predicted octanol–water partition coefficient (Wildman–Crippen LogP) is 2.45. The van der Waals surface area contributed by atoms with Crippen molar-refractivity contribution in [1.29, 1.82) is 5.26 Å². The lowest BCUT2D eigenvalue weighted by Gasteiger charge is -2.06. The highest BCUT2D eigenvalue weighted by atomic mass is 16.5. The number of hydrogen-bond acceptors (Lipinski definition) is 6. The summed E-state index contributed by atoms with van der Waals surface area (Å²) < 4.78 is 6.62. The molecule has 134 valence electrons. The van der Waals surface area contributed by atoms with Crippen molar-refractivity contribution in [2.24, 2.45) is 0 Å². The molecule has 0 aliphatic rings. The van der Waals surface area contributed by atoms with Crippen molar-refractivity contribution in [3.63, 3.8) is 0 Å². The van der Waals surface area contributed by atoms with Crippen LogP contribution in [0.1, 0.15) is 23.0 Å². The Bertz CT molecular complexity index is 1060. The first-order valence-corrected chi connectivity index (χ1v) is 8.09. The fourth-order valence-corrected chi connectivity index (χ4v) is 2.37. The summed E-state index contributed by atoms with van der Waals surface area (Å²) in [6, 6.07) is 8.11. The molecule has 3 rings (SSSR count). The lowest BCUT2D eigenvalue weighted by molar-refractivity contribution is -0.112. The summed E-state index contributed by atoms with van der Waals surface area (Å²) in [7, 11) is 0. The fourth-order valence-electron chi connectivity index (χ4n) is 2.37. The van der Waals surface area contributed by atoms with Crippen molar-refractivity contribution < 1.29 is 14.3 Å². The minimum atomic E-state index is -0.564. The molecule has 1 amide bonds. The summed E-state index contributed by atoms with van der Waals surface area (Å²) in [6.45, 7) is 2.01. The second-order valence-electron chi connectivity index (χ2n) is 5.41. The van der Waals surface area contributed by atoms with Crippen molar-refractivity contribution in [2.75, 3.05) is 11.9 Å². The van der Waals surface area contributed by atoms with E-state index in [1.807, 2.05) is 6.07 Å². The molecule has 8 heteroatoms. The molecule has 0 radical (unpaired) electrons. The molecule has 1 N–H and O–H groups in total. The standard InChI is InChI=1S/C19H15N5O3/c1-2-27-19(26)13-3-5-15(6-4-13)23-18(25)14(10-20)9-16-11-22-17-12-21-7-8-24(16)17/h3-9,11-12H,2H2,1H3,(H,23,25)/b14-9-. The quantitative estimate of drug-likeness (QED) is 0.425. The lowest BCUT2D eigenvalue weighted by Crippen LogP contribution is -2.14. The molecule has 27 heavy (non-hydrogen) atoms. The van der Waals surface area contributed by atoms with E-state index in [1.165, 1.54) is 6.08 Å². The van der Waals surface area contributed by atoms with Gasteiger partial charge in [-0.05, 0) is 37.3 Å². The number of rotatable bonds is 5. The molecule has 0 atom stereocenters. The van der Waals surface area contributed by atoms with Crippen molar-refractivity contribution in [3.05, 3.63) is 65.9 Å². The van der Waals surface area contributed by atoms with Crippen LogP contribution in [-0.2, 0) is 9.53 Å². The highest BCUT2D eigenvalue weighted by Gasteiger charge is 2.12. The first-order chi connectivity index (χ1) is 13.1. The zero-order valence-corrected chi connectivity index (χ0v) is 14.4. The van der Waals surface area contributed by atoms with Gasteiger partial charge < -0.3 is 10.1 Å². The summed E-state index contributed by atoms with van der Waals surface area (Å²) in [4.78, 5) is 32.2. The average molecular weight is 361 g/mol. The first-order valence-electron chi connectivity index (χ1n) is 8.09. The van der Waals surface area contributed by atoms with Crippen LogP contribution in [0.5, 0.6) is 0 Å². The molecule has 0 saturated carbocycles. The van der Waals surface area contributed by atoms with E-state index in [4.69, 9.17) is 4.74 Å². The average Bonchev–Trinajstić information content (AvgIpc) is 3.09. The van der Waals surface area contributed by atoms with Crippen LogP contribution >= 0.6 is 0 Å². The van der Waals surface area contributed by atoms with Gasteiger partial charge in [0.05, 0.1) is 30.3 Å². The molecule has 3 aromatic rings. The molecule has 2 aromatic heterocycles. The van der Waals surface area contributed by atoms with Gasteiger partial charge >= 0.3 is 5.97 Å². The van der Waals surface area contributed by atoms with Crippen LogP contribution in [0.25, 0.3) is 11.7 Å². The zero-order valence-electron chi connectivity index (χ0n) is 14.4. The van der Waals surface area contributed by atoms with Gasteiger partial charge in [-0.15, -0.1) is 0 Å². The monoisotopic (exact) mass is 361 g/mol. The molecule has 0 bridgehead atoms. The van der Waals surface area contributed by atoms with E-state index >= 15 is 0 Å². The smallest absolute Gasteiger partial charge is 0.338 e. The van der Waals surface area contributed by atoms with E-state index in [0.717, 1.165) is 0 Å². The molecule has 0 unspecified atom stereocenters. The van der Waals surface area contributed by atoms with Crippen molar-refractivity contribution >= 4 is 29.3 Å². The topological polar surface area (TPSA) is 109 Å². The summed E-state index contributed by atoms with van der Waals surface area (Å²) in [5, 5.41) is 12.0. The van der Waals surface area contributed by atoms with E-state index in [9.17, 15) is 14.9 Å². The van der Waals surface area contributed by atoms with Crippen LogP contribution in [-0.4, -0.2) is 32.9 Å². The SMILES string of the molecule is CCOC(=O)c1ccc(NC(=O)/C(C#N)=C\c2cnc3cnccn23)cc1. The summed E-state index contributed by atoms with van der Waals surface area (Å²) in [5.74, 6) is -1.000. The molecule has 0 aliphatic heterocycles. The van der Waals surface area contributed by atoms with Crippen molar-refractivity contribution in [1.82, 2.24) is 14.4 Å². The Labute approximate surface area is 154 Å². The number of anilines is 1. The number of carbonyl (C=O) groups is 2. The lowest BCUT2D eigenvalue weighted by atomic mass is 10.2. The maximum atomic E-state index is 12.4. The number of imidazole rings is 1. The van der Waals surface area contributed by atoms with Gasteiger partial charge in [-0.1, -0.05) is 0 Å². The third-order valence-corrected chi connectivity index (χ3v) is 3.66. The van der Waals surface area contributed by atoms with E-state index in [0.29, 0.717) is 22.6 Å². The highest BCUT2D eigenvalue weighted by Crippen LogP contribution is 2.14. The third kappa shape index (κ3) is 3.99. The number of ether oxygens (including phenoxy) is 1. The van der Waals surface area contributed by atoms with Gasteiger partial charge in [0.15, 0.2) is 5.65 Å². The Morgan fingerprint density at radius 1 is 1.30 bits per heavy atom. The number of esters is 1. The number of benzene rings is 1. The molecular weight excluding hydrogens is 346 g/mol.